The van der Waals surface area contributed by atoms with Gasteiger partial charge in [-0.1, -0.05) is 13.8 Å². The van der Waals surface area contributed by atoms with Crippen LogP contribution in [0.5, 0.6) is 0 Å². The van der Waals surface area contributed by atoms with Gasteiger partial charge in [-0.2, -0.15) is 0 Å². The van der Waals surface area contributed by atoms with Crippen LogP contribution in [0.15, 0.2) is 16.7 Å². The summed E-state index contributed by atoms with van der Waals surface area (Å²) in [5, 5.41) is 12.4. The maximum atomic E-state index is 9.12. The fourth-order valence-corrected chi connectivity index (χ4v) is 1.42. The van der Waals surface area contributed by atoms with Crippen LogP contribution in [0.1, 0.15) is 19.4 Å². The molecule has 0 aromatic carbocycles. The second-order valence-electron chi connectivity index (χ2n) is 4.47. The average molecular weight is 273 g/mol. The normalized spacial score (nSPS) is 11.5. The summed E-state index contributed by atoms with van der Waals surface area (Å²) in [5.74, 6) is 0.830. The fourth-order valence-electron chi connectivity index (χ4n) is 1.04. The highest BCUT2D eigenvalue weighted by molar-refractivity contribution is 9.10. The van der Waals surface area contributed by atoms with Gasteiger partial charge >= 0.3 is 0 Å². The lowest BCUT2D eigenvalue weighted by Crippen LogP contribution is -2.27. The largest absolute Gasteiger partial charge is 0.396 e. The lowest BCUT2D eigenvalue weighted by molar-refractivity contribution is 0.170. The van der Waals surface area contributed by atoms with E-state index in [1.807, 2.05) is 26.8 Å². The molecule has 0 aliphatic carbocycles. The van der Waals surface area contributed by atoms with Crippen molar-refractivity contribution in [3.8, 4) is 0 Å². The number of nitrogens with one attached hydrogen (secondary N) is 1. The maximum absolute atomic E-state index is 9.12. The molecule has 0 unspecified atom stereocenters. The van der Waals surface area contributed by atoms with Crippen molar-refractivity contribution in [2.45, 2.75) is 20.8 Å². The first-order valence-corrected chi connectivity index (χ1v) is 5.71. The van der Waals surface area contributed by atoms with Crippen LogP contribution in [0, 0.1) is 12.3 Å². The average Bonchev–Trinajstić information content (AvgIpc) is 2.20. The molecule has 1 aromatic heterocycles. The number of hydrogen-bond acceptors (Lipinski definition) is 3. The first kappa shape index (κ1) is 12.5. The number of nitrogens with zero attached hydrogens (tertiary/aromatic N) is 1. The molecule has 1 rings (SSSR count). The molecule has 0 bridgehead atoms. The molecule has 0 atom stereocenters. The molecule has 4 heteroatoms. The van der Waals surface area contributed by atoms with Gasteiger partial charge in [-0.3, -0.25) is 0 Å². The van der Waals surface area contributed by atoms with Crippen molar-refractivity contribution in [3.05, 3.63) is 22.3 Å². The van der Waals surface area contributed by atoms with Gasteiger partial charge in [-0.15, -0.1) is 0 Å². The van der Waals surface area contributed by atoms with Gasteiger partial charge in [0.25, 0.3) is 0 Å². The number of rotatable bonds is 4. The highest BCUT2D eigenvalue weighted by Gasteiger charge is 2.16. The predicted octanol–water partition coefficient (Wildman–Crippen LogP) is 2.58. The Morgan fingerprint density at radius 3 is 2.80 bits per heavy atom. The Hall–Kier alpha value is -0.610. The highest BCUT2D eigenvalue weighted by atomic mass is 79.9. The fraction of sp³-hybridized carbons (Fsp3) is 0.545. The van der Waals surface area contributed by atoms with E-state index in [4.69, 9.17) is 5.11 Å². The number of pyridine rings is 1. The lowest BCUT2D eigenvalue weighted by Gasteiger charge is -2.22. The van der Waals surface area contributed by atoms with Crippen molar-refractivity contribution in [1.29, 1.82) is 0 Å². The van der Waals surface area contributed by atoms with Crippen molar-refractivity contribution < 1.29 is 5.11 Å². The zero-order valence-corrected chi connectivity index (χ0v) is 10.9. The second-order valence-corrected chi connectivity index (χ2v) is 5.26. The number of aliphatic hydroxyl groups excluding tert-OH is 1. The van der Waals surface area contributed by atoms with Crippen LogP contribution in [0.25, 0.3) is 0 Å². The summed E-state index contributed by atoms with van der Waals surface area (Å²) >= 11 is 3.48. The summed E-state index contributed by atoms with van der Waals surface area (Å²) in [7, 11) is 0. The molecule has 15 heavy (non-hydrogen) atoms. The quantitative estimate of drug-likeness (QED) is 0.886. The third-order valence-electron chi connectivity index (χ3n) is 2.24. The molecule has 0 saturated heterocycles. The molecule has 0 radical (unpaired) electrons. The maximum Gasteiger partial charge on any atom is 0.140 e. The smallest absolute Gasteiger partial charge is 0.140 e. The molecular formula is C11H17BrN2O. The number of halogens is 1. The van der Waals surface area contributed by atoms with Gasteiger partial charge in [-0.05, 0) is 34.5 Å². The Labute approximate surface area is 99.1 Å². The van der Waals surface area contributed by atoms with E-state index in [1.54, 1.807) is 6.20 Å². The molecule has 0 fully saturated rings. The number of aryl methyl sites for hydroxylation is 1. The molecule has 3 nitrogen and oxygen atoms in total. The number of aliphatic hydroxyl groups is 1. The van der Waals surface area contributed by atoms with Crippen LogP contribution in [0.2, 0.25) is 0 Å². The van der Waals surface area contributed by atoms with Gasteiger partial charge in [0.15, 0.2) is 0 Å². The first-order valence-electron chi connectivity index (χ1n) is 4.92. The van der Waals surface area contributed by atoms with E-state index in [2.05, 4.69) is 26.2 Å². The van der Waals surface area contributed by atoms with Crippen molar-refractivity contribution in [2.24, 2.45) is 5.41 Å². The van der Waals surface area contributed by atoms with Gasteiger partial charge in [-0.25, -0.2) is 4.98 Å². The lowest BCUT2D eigenvalue weighted by atomic mass is 9.95. The van der Waals surface area contributed by atoms with E-state index in [-0.39, 0.29) is 12.0 Å². The molecular weight excluding hydrogens is 256 g/mol. The van der Waals surface area contributed by atoms with E-state index in [9.17, 15) is 0 Å². The molecule has 0 amide bonds. The van der Waals surface area contributed by atoms with Crippen LogP contribution >= 0.6 is 15.9 Å². The number of aromatic nitrogens is 1. The molecule has 0 aliphatic heterocycles. The first-order chi connectivity index (χ1) is 6.96. The third kappa shape index (κ3) is 3.47. The zero-order valence-electron chi connectivity index (χ0n) is 9.34. The Morgan fingerprint density at radius 1 is 1.53 bits per heavy atom. The van der Waals surface area contributed by atoms with Crippen LogP contribution in [-0.4, -0.2) is 23.2 Å². The Bertz CT molecular complexity index is 339. The van der Waals surface area contributed by atoms with Crippen LogP contribution in [0.3, 0.4) is 0 Å². The minimum atomic E-state index is -0.134. The minimum Gasteiger partial charge on any atom is -0.396 e. The Balaban J connectivity index is 2.70. The molecule has 84 valence electrons. The summed E-state index contributed by atoms with van der Waals surface area (Å²) in [4.78, 5) is 4.24. The summed E-state index contributed by atoms with van der Waals surface area (Å²) in [5.41, 5.74) is 1.01. The predicted molar refractivity (Wildman–Crippen MR) is 66.0 cm³/mol. The van der Waals surface area contributed by atoms with Crippen molar-refractivity contribution in [3.63, 3.8) is 0 Å². The summed E-state index contributed by atoms with van der Waals surface area (Å²) < 4.78 is 0.985. The van der Waals surface area contributed by atoms with Gasteiger partial charge in [0.2, 0.25) is 0 Å². The van der Waals surface area contributed by atoms with E-state index in [1.165, 1.54) is 0 Å². The second kappa shape index (κ2) is 4.94. The Kier molecular flexibility index (Phi) is 4.11. The van der Waals surface area contributed by atoms with Crippen molar-refractivity contribution >= 4 is 21.7 Å². The standard InChI is InChI=1S/C11H17BrN2O/c1-8-4-5-13-10(9(8)12)14-6-11(2,3)7-15/h4-5,15H,6-7H2,1-3H3,(H,13,14). The van der Waals surface area contributed by atoms with Crippen LogP contribution in [-0.2, 0) is 0 Å². The third-order valence-corrected chi connectivity index (χ3v) is 3.25. The zero-order chi connectivity index (χ0) is 11.5. The van der Waals surface area contributed by atoms with Crippen LogP contribution in [0.4, 0.5) is 5.82 Å². The molecule has 0 spiro atoms. The van der Waals surface area contributed by atoms with E-state index < -0.39 is 0 Å². The summed E-state index contributed by atoms with van der Waals surface area (Å²) in [6, 6.07) is 1.95. The van der Waals surface area contributed by atoms with Gasteiger partial charge in [0.05, 0.1) is 4.47 Å². The highest BCUT2D eigenvalue weighted by Crippen LogP contribution is 2.24. The summed E-state index contributed by atoms with van der Waals surface area (Å²) in [6.07, 6.45) is 1.77. The molecule has 0 saturated carbocycles. The van der Waals surface area contributed by atoms with Crippen molar-refractivity contribution in [1.82, 2.24) is 4.98 Å². The van der Waals surface area contributed by atoms with E-state index >= 15 is 0 Å². The Morgan fingerprint density at radius 2 is 2.20 bits per heavy atom. The van der Waals surface area contributed by atoms with Gasteiger partial charge in [0, 0.05) is 24.8 Å². The van der Waals surface area contributed by atoms with Gasteiger partial charge < -0.3 is 10.4 Å². The molecule has 0 aliphatic rings. The molecule has 2 N–H and O–H groups in total. The van der Waals surface area contributed by atoms with Gasteiger partial charge in [0.1, 0.15) is 5.82 Å². The summed E-state index contributed by atoms with van der Waals surface area (Å²) in [6.45, 7) is 6.88. The van der Waals surface area contributed by atoms with Crippen LogP contribution < -0.4 is 5.32 Å². The van der Waals surface area contributed by atoms with E-state index in [0.717, 1.165) is 15.9 Å². The molecule has 1 aromatic rings. The van der Waals surface area contributed by atoms with E-state index in [0.29, 0.717) is 6.54 Å². The minimum absolute atomic E-state index is 0.134. The molecule has 1 heterocycles. The topological polar surface area (TPSA) is 45.2 Å². The van der Waals surface area contributed by atoms with Crippen molar-refractivity contribution in [2.75, 3.05) is 18.5 Å². The number of anilines is 1. The number of hydrogen-bond donors (Lipinski definition) is 2. The monoisotopic (exact) mass is 272 g/mol. The SMILES string of the molecule is Cc1ccnc(NCC(C)(C)CO)c1Br.